The summed E-state index contributed by atoms with van der Waals surface area (Å²) in [7, 11) is 0. The SMILES string of the molecule is CCCc1nc(Cl)c(C)c(Nc2ccc(F)cc2)n1. The van der Waals surface area contributed by atoms with E-state index < -0.39 is 0 Å². The Kier molecular flexibility index (Phi) is 4.32. The molecule has 0 aliphatic heterocycles. The van der Waals surface area contributed by atoms with Crippen LogP contribution in [0.3, 0.4) is 0 Å². The van der Waals surface area contributed by atoms with Crippen molar-refractivity contribution < 1.29 is 4.39 Å². The van der Waals surface area contributed by atoms with Crippen molar-refractivity contribution in [2.45, 2.75) is 26.7 Å². The van der Waals surface area contributed by atoms with Gasteiger partial charge in [-0.2, -0.15) is 0 Å². The molecule has 1 aromatic heterocycles. The fourth-order valence-corrected chi connectivity index (χ4v) is 1.85. The van der Waals surface area contributed by atoms with Gasteiger partial charge in [-0.05, 0) is 37.6 Å². The highest BCUT2D eigenvalue weighted by molar-refractivity contribution is 6.30. The number of anilines is 2. The van der Waals surface area contributed by atoms with Crippen molar-refractivity contribution in [3.63, 3.8) is 0 Å². The first kappa shape index (κ1) is 13.7. The molecule has 0 aliphatic carbocycles. The fraction of sp³-hybridized carbons (Fsp3) is 0.286. The molecular weight excluding hydrogens is 265 g/mol. The van der Waals surface area contributed by atoms with E-state index >= 15 is 0 Å². The summed E-state index contributed by atoms with van der Waals surface area (Å²) in [5.41, 5.74) is 1.55. The molecule has 0 radical (unpaired) electrons. The zero-order valence-electron chi connectivity index (χ0n) is 10.9. The first-order valence-electron chi connectivity index (χ1n) is 6.15. The highest BCUT2D eigenvalue weighted by Gasteiger charge is 2.09. The van der Waals surface area contributed by atoms with Crippen molar-refractivity contribution in [2.24, 2.45) is 0 Å². The van der Waals surface area contributed by atoms with Crippen molar-refractivity contribution in [2.75, 3.05) is 5.32 Å². The summed E-state index contributed by atoms with van der Waals surface area (Å²) in [5.74, 6) is 1.10. The summed E-state index contributed by atoms with van der Waals surface area (Å²) >= 11 is 6.10. The van der Waals surface area contributed by atoms with Crippen molar-refractivity contribution in [1.82, 2.24) is 9.97 Å². The predicted octanol–water partition coefficient (Wildman–Crippen LogP) is 4.27. The molecule has 100 valence electrons. The lowest BCUT2D eigenvalue weighted by Gasteiger charge is -2.11. The third-order valence-electron chi connectivity index (χ3n) is 2.71. The number of rotatable bonds is 4. The first-order valence-corrected chi connectivity index (χ1v) is 6.53. The van der Waals surface area contributed by atoms with E-state index in [0.717, 1.165) is 24.1 Å². The second-order valence-corrected chi connectivity index (χ2v) is 4.64. The van der Waals surface area contributed by atoms with Crippen LogP contribution in [0.25, 0.3) is 0 Å². The summed E-state index contributed by atoms with van der Waals surface area (Å²) in [6.45, 7) is 3.91. The van der Waals surface area contributed by atoms with E-state index in [9.17, 15) is 4.39 Å². The third-order valence-corrected chi connectivity index (χ3v) is 3.08. The van der Waals surface area contributed by atoms with Crippen LogP contribution in [0.5, 0.6) is 0 Å². The Hall–Kier alpha value is -1.68. The molecule has 0 fully saturated rings. The zero-order chi connectivity index (χ0) is 13.8. The molecule has 19 heavy (non-hydrogen) atoms. The minimum absolute atomic E-state index is 0.269. The summed E-state index contributed by atoms with van der Waals surface area (Å²) < 4.78 is 12.9. The van der Waals surface area contributed by atoms with Crippen LogP contribution in [0.2, 0.25) is 5.15 Å². The van der Waals surface area contributed by atoms with E-state index in [0.29, 0.717) is 16.8 Å². The average molecular weight is 280 g/mol. The molecule has 3 nitrogen and oxygen atoms in total. The van der Waals surface area contributed by atoms with Gasteiger partial charge in [-0.15, -0.1) is 0 Å². The number of halogens is 2. The Morgan fingerprint density at radius 2 is 1.89 bits per heavy atom. The minimum Gasteiger partial charge on any atom is -0.340 e. The van der Waals surface area contributed by atoms with Gasteiger partial charge in [0.2, 0.25) is 0 Å². The van der Waals surface area contributed by atoms with Crippen LogP contribution in [0.15, 0.2) is 24.3 Å². The molecule has 2 rings (SSSR count). The summed E-state index contributed by atoms with van der Waals surface area (Å²) in [4.78, 5) is 8.67. The smallest absolute Gasteiger partial charge is 0.138 e. The largest absolute Gasteiger partial charge is 0.340 e. The van der Waals surface area contributed by atoms with E-state index in [1.807, 2.05) is 6.92 Å². The second kappa shape index (κ2) is 5.97. The topological polar surface area (TPSA) is 37.8 Å². The fourth-order valence-electron chi connectivity index (χ4n) is 1.66. The van der Waals surface area contributed by atoms with Gasteiger partial charge in [0.1, 0.15) is 22.6 Å². The predicted molar refractivity (Wildman–Crippen MR) is 75.5 cm³/mol. The highest BCUT2D eigenvalue weighted by Crippen LogP contribution is 2.23. The normalized spacial score (nSPS) is 10.5. The summed E-state index contributed by atoms with van der Waals surface area (Å²) in [6.07, 6.45) is 1.73. The second-order valence-electron chi connectivity index (χ2n) is 4.29. The maximum Gasteiger partial charge on any atom is 0.138 e. The van der Waals surface area contributed by atoms with Crippen molar-refractivity contribution in [3.05, 3.63) is 46.6 Å². The first-order chi connectivity index (χ1) is 9.10. The molecule has 2 aromatic rings. The van der Waals surface area contributed by atoms with E-state index in [-0.39, 0.29) is 5.82 Å². The Balaban J connectivity index is 2.30. The van der Waals surface area contributed by atoms with Gasteiger partial charge in [0.15, 0.2) is 0 Å². The van der Waals surface area contributed by atoms with Crippen LogP contribution in [0.4, 0.5) is 15.9 Å². The quantitative estimate of drug-likeness (QED) is 0.849. The molecule has 1 heterocycles. The Morgan fingerprint density at radius 3 is 2.53 bits per heavy atom. The molecule has 1 N–H and O–H groups in total. The molecule has 1 aromatic carbocycles. The molecule has 0 bridgehead atoms. The molecule has 0 atom stereocenters. The molecule has 0 unspecified atom stereocenters. The number of nitrogens with zero attached hydrogens (tertiary/aromatic N) is 2. The average Bonchev–Trinajstić information content (AvgIpc) is 2.38. The maximum absolute atomic E-state index is 12.9. The number of aromatic nitrogens is 2. The Labute approximate surface area is 116 Å². The monoisotopic (exact) mass is 279 g/mol. The van der Waals surface area contributed by atoms with Crippen LogP contribution in [0, 0.1) is 12.7 Å². The highest BCUT2D eigenvalue weighted by atomic mass is 35.5. The van der Waals surface area contributed by atoms with Gasteiger partial charge >= 0.3 is 0 Å². The molecule has 0 saturated carbocycles. The lowest BCUT2D eigenvalue weighted by atomic mass is 10.2. The Morgan fingerprint density at radius 1 is 1.21 bits per heavy atom. The lowest BCUT2D eigenvalue weighted by Crippen LogP contribution is -2.03. The molecular formula is C14H15ClFN3. The molecule has 0 saturated heterocycles. The Bertz CT molecular complexity index is 570. The van der Waals surface area contributed by atoms with Crippen LogP contribution in [-0.4, -0.2) is 9.97 Å². The number of aryl methyl sites for hydroxylation is 1. The van der Waals surface area contributed by atoms with E-state index in [1.165, 1.54) is 12.1 Å². The van der Waals surface area contributed by atoms with Gasteiger partial charge in [0, 0.05) is 17.7 Å². The molecule has 0 aliphatic rings. The van der Waals surface area contributed by atoms with E-state index in [4.69, 9.17) is 11.6 Å². The number of hydrogen-bond donors (Lipinski definition) is 1. The van der Waals surface area contributed by atoms with Gasteiger partial charge < -0.3 is 5.32 Å². The van der Waals surface area contributed by atoms with Gasteiger partial charge in [-0.3, -0.25) is 0 Å². The number of nitrogens with one attached hydrogen (secondary N) is 1. The van der Waals surface area contributed by atoms with Crippen molar-refractivity contribution >= 4 is 23.1 Å². The molecule has 0 spiro atoms. The van der Waals surface area contributed by atoms with Crippen LogP contribution >= 0.6 is 11.6 Å². The van der Waals surface area contributed by atoms with Crippen molar-refractivity contribution in [3.8, 4) is 0 Å². The maximum atomic E-state index is 12.9. The lowest BCUT2D eigenvalue weighted by molar-refractivity contribution is 0.628. The van der Waals surface area contributed by atoms with Gasteiger partial charge in [-0.1, -0.05) is 18.5 Å². The minimum atomic E-state index is -0.269. The van der Waals surface area contributed by atoms with Crippen LogP contribution in [-0.2, 0) is 6.42 Å². The summed E-state index contributed by atoms with van der Waals surface area (Å²) in [5, 5.41) is 3.58. The zero-order valence-corrected chi connectivity index (χ0v) is 11.6. The summed E-state index contributed by atoms with van der Waals surface area (Å²) in [6, 6.07) is 6.11. The van der Waals surface area contributed by atoms with Gasteiger partial charge in [0.05, 0.1) is 0 Å². The standard InChI is InChI=1S/C14H15ClFN3/c1-3-4-12-18-13(15)9(2)14(19-12)17-11-7-5-10(16)6-8-11/h5-8H,3-4H2,1-2H3,(H,17,18,19). The molecule has 5 heteroatoms. The van der Waals surface area contributed by atoms with Crippen molar-refractivity contribution in [1.29, 1.82) is 0 Å². The van der Waals surface area contributed by atoms with Crippen LogP contribution < -0.4 is 5.32 Å². The van der Waals surface area contributed by atoms with Gasteiger partial charge in [-0.25, -0.2) is 14.4 Å². The van der Waals surface area contributed by atoms with E-state index in [2.05, 4.69) is 22.2 Å². The number of hydrogen-bond acceptors (Lipinski definition) is 3. The van der Waals surface area contributed by atoms with E-state index in [1.54, 1.807) is 12.1 Å². The van der Waals surface area contributed by atoms with Crippen LogP contribution in [0.1, 0.15) is 24.7 Å². The number of benzene rings is 1. The van der Waals surface area contributed by atoms with Gasteiger partial charge in [0.25, 0.3) is 0 Å². The molecule has 0 amide bonds. The third kappa shape index (κ3) is 3.41.